The van der Waals surface area contributed by atoms with Gasteiger partial charge >= 0.3 is 0 Å². The van der Waals surface area contributed by atoms with Crippen LogP contribution in [0.2, 0.25) is 0 Å². The Bertz CT molecular complexity index is 422. The van der Waals surface area contributed by atoms with Crippen LogP contribution in [0.25, 0.3) is 0 Å². The molecule has 2 rings (SSSR count). The largest absolute Gasteiger partial charge is 0.382 e. The summed E-state index contributed by atoms with van der Waals surface area (Å²) in [6.45, 7) is 3.36. The number of nitrogen functional groups attached to an aromatic ring is 1. The molecule has 19 heavy (non-hydrogen) atoms. The van der Waals surface area contributed by atoms with E-state index >= 15 is 0 Å². The first-order valence-corrected chi connectivity index (χ1v) is 6.76. The SMILES string of the molecule is CN1CCC(CN(C)C(=O)Cn2ccc(N)n2)CC1. The molecule has 0 saturated carbocycles. The summed E-state index contributed by atoms with van der Waals surface area (Å²) in [6, 6.07) is 1.70. The zero-order valence-corrected chi connectivity index (χ0v) is 11.7. The summed E-state index contributed by atoms with van der Waals surface area (Å²) in [6.07, 6.45) is 4.07. The molecule has 6 nitrogen and oxygen atoms in total. The van der Waals surface area contributed by atoms with E-state index in [-0.39, 0.29) is 12.5 Å². The van der Waals surface area contributed by atoms with Crippen LogP contribution < -0.4 is 5.73 Å². The Hall–Kier alpha value is -1.56. The van der Waals surface area contributed by atoms with Crippen molar-refractivity contribution in [1.82, 2.24) is 19.6 Å². The molecule has 1 aromatic heterocycles. The van der Waals surface area contributed by atoms with E-state index in [9.17, 15) is 4.79 Å². The third-order valence-corrected chi connectivity index (χ3v) is 3.75. The summed E-state index contributed by atoms with van der Waals surface area (Å²) in [7, 11) is 4.01. The second-order valence-electron chi connectivity index (χ2n) is 5.46. The van der Waals surface area contributed by atoms with Gasteiger partial charge in [0.25, 0.3) is 0 Å². The van der Waals surface area contributed by atoms with Gasteiger partial charge in [-0.25, -0.2) is 0 Å². The van der Waals surface area contributed by atoms with Crippen molar-refractivity contribution in [1.29, 1.82) is 0 Å². The maximum atomic E-state index is 12.1. The van der Waals surface area contributed by atoms with E-state index in [4.69, 9.17) is 5.73 Å². The van der Waals surface area contributed by atoms with Crippen molar-refractivity contribution in [3.63, 3.8) is 0 Å². The Morgan fingerprint density at radius 2 is 2.21 bits per heavy atom. The smallest absolute Gasteiger partial charge is 0.244 e. The predicted molar refractivity (Wildman–Crippen MR) is 74.5 cm³/mol. The van der Waals surface area contributed by atoms with Crippen molar-refractivity contribution < 1.29 is 4.79 Å². The minimum atomic E-state index is 0.0852. The highest BCUT2D eigenvalue weighted by Crippen LogP contribution is 2.16. The quantitative estimate of drug-likeness (QED) is 0.848. The van der Waals surface area contributed by atoms with Gasteiger partial charge in [0.15, 0.2) is 0 Å². The second kappa shape index (κ2) is 6.06. The lowest BCUT2D eigenvalue weighted by molar-refractivity contribution is -0.131. The molecule has 1 aliphatic heterocycles. The number of rotatable bonds is 4. The summed E-state index contributed by atoms with van der Waals surface area (Å²) in [5, 5.41) is 4.03. The van der Waals surface area contributed by atoms with Crippen LogP contribution in [0.4, 0.5) is 5.82 Å². The number of amides is 1. The number of nitrogens with two attached hydrogens (primary N) is 1. The molecule has 0 bridgehead atoms. The molecule has 0 radical (unpaired) electrons. The highest BCUT2D eigenvalue weighted by Gasteiger charge is 2.20. The zero-order chi connectivity index (χ0) is 13.8. The van der Waals surface area contributed by atoms with E-state index in [1.165, 1.54) is 12.8 Å². The number of anilines is 1. The first-order valence-electron chi connectivity index (χ1n) is 6.76. The van der Waals surface area contributed by atoms with Gasteiger partial charge < -0.3 is 15.5 Å². The van der Waals surface area contributed by atoms with Gasteiger partial charge in [0.05, 0.1) is 0 Å². The molecule has 1 amide bonds. The third kappa shape index (κ3) is 3.96. The summed E-state index contributed by atoms with van der Waals surface area (Å²) in [5.41, 5.74) is 5.53. The molecule has 0 atom stereocenters. The average molecular weight is 265 g/mol. The fraction of sp³-hybridized carbons (Fsp3) is 0.692. The highest BCUT2D eigenvalue weighted by atomic mass is 16.2. The minimum absolute atomic E-state index is 0.0852. The summed E-state index contributed by atoms with van der Waals surface area (Å²) in [5.74, 6) is 1.15. The van der Waals surface area contributed by atoms with Crippen molar-refractivity contribution in [2.45, 2.75) is 19.4 Å². The summed E-state index contributed by atoms with van der Waals surface area (Å²) in [4.78, 5) is 16.2. The third-order valence-electron chi connectivity index (χ3n) is 3.75. The Labute approximate surface area is 114 Å². The molecule has 0 aliphatic carbocycles. The molecule has 0 aromatic carbocycles. The number of hydrogen-bond acceptors (Lipinski definition) is 4. The number of likely N-dealkylation sites (N-methyl/N-ethyl adjacent to an activating group) is 1. The molecule has 2 heterocycles. The van der Waals surface area contributed by atoms with Crippen molar-refractivity contribution >= 4 is 11.7 Å². The molecule has 6 heteroatoms. The summed E-state index contributed by atoms with van der Waals surface area (Å²) < 4.78 is 1.59. The van der Waals surface area contributed by atoms with Gasteiger partial charge in [0.2, 0.25) is 5.91 Å². The van der Waals surface area contributed by atoms with Gasteiger partial charge in [-0.15, -0.1) is 0 Å². The van der Waals surface area contributed by atoms with Gasteiger partial charge in [-0.1, -0.05) is 0 Å². The standard InChI is InChI=1S/C13H23N5O/c1-16-6-3-11(4-7-16)9-17(2)13(19)10-18-8-5-12(14)15-18/h5,8,11H,3-4,6-7,9-10H2,1-2H3,(H2,14,15). The molecular formula is C13H23N5O. The van der Waals surface area contributed by atoms with Crippen LogP contribution in [-0.4, -0.2) is 59.2 Å². The number of carbonyl (C=O) groups excluding carboxylic acids is 1. The topological polar surface area (TPSA) is 67.4 Å². The van der Waals surface area contributed by atoms with Crippen molar-refractivity contribution in [3.8, 4) is 0 Å². The lowest BCUT2D eigenvalue weighted by Gasteiger charge is -2.31. The van der Waals surface area contributed by atoms with Crippen LogP contribution in [0.1, 0.15) is 12.8 Å². The van der Waals surface area contributed by atoms with Crippen molar-refractivity contribution in [2.24, 2.45) is 5.92 Å². The van der Waals surface area contributed by atoms with Gasteiger partial charge in [-0.2, -0.15) is 5.10 Å². The fourth-order valence-corrected chi connectivity index (χ4v) is 2.46. The fourth-order valence-electron chi connectivity index (χ4n) is 2.46. The molecule has 1 fully saturated rings. The maximum Gasteiger partial charge on any atom is 0.244 e. The highest BCUT2D eigenvalue weighted by molar-refractivity contribution is 5.75. The van der Waals surface area contributed by atoms with Crippen LogP contribution >= 0.6 is 0 Å². The van der Waals surface area contributed by atoms with Crippen molar-refractivity contribution in [3.05, 3.63) is 12.3 Å². The number of carbonyl (C=O) groups is 1. The Balaban J connectivity index is 1.79. The number of aromatic nitrogens is 2. The van der Waals surface area contributed by atoms with E-state index in [0.29, 0.717) is 11.7 Å². The molecule has 2 N–H and O–H groups in total. The first-order chi connectivity index (χ1) is 9.04. The Kier molecular flexibility index (Phi) is 4.42. The van der Waals surface area contributed by atoms with E-state index in [1.54, 1.807) is 16.9 Å². The Morgan fingerprint density at radius 1 is 1.53 bits per heavy atom. The second-order valence-corrected chi connectivity index (χ2v) is 5.46. The molecule has 106 valence electrons. The van der Waals surface area contributed by atoms with Crippen LogP contribution in [0.15, 0.2) is 12.3 Å². The first kappa shape index (κ1) is 13.9. The molecule has 1 aromatic rings. The number of nitrogens with zero attached hydrogens (tertiary/aromatic N) is 4. The normalized spacial score (nSPS) is 17.6. The minimum Gasteiger partial charge on any atom is -0.382 e. The van der Waals surface area contributed by atoms with Gasteiger partial charge in [-0.3, -0.25) is 9.48 Å². The van der Waals surface area contributed by atoms with Gasteiger partial charge in [0, 0.05) is 19.8 Å². The number of hydrogen-bond donors (Lipinski definition) is 1. The van der Waals surface area contributed by atoms with E-state index < -0.39 is 0 Å². The van der Waals surface area contributed by atoms with Crippen LogP contribution in [-0.2, 0) is 11.3 Å². The van der Waals surface area contributed by atoms with Crippen molar-refractivity contribution in [2.75, 3.05) is 39.5 Å². The van der Waals surface area contributed by atoms with E-state index in [0.717, 1.165) is 19.6 Å². The van der Waals surface area contributed by atoms with Crippen LogP contribution in [0, 0.1) is 5.92 Å². The molecule has 1 saturated heterocycles. The van der Waals surface area contributed by atoms with E-state index in [2.05, 4.69) is 17.0 Å². The van der Waals surface area contributed by atoms with Crippen LogP contribution in [0.3, 0.4) is 0 Å². The zero-order valence-electron chi connectivity index (χ0n) is 11.7. The maximum absolute atomic E-state index is 12.1. The Morgan fingerprint density at radius 3 is 2.79 bits per heavy atom. The molecule has 0 spiro atoms. The van der Waals surface area contributed by atoms with Gasteiger partial charge in [-0.05, 0) is 45.0 Å². The van der Waals surface area contributed by atoms with Crippen LogP contribution in [0.5, 0.6) is 0 Å². The molecule has 1 aliphatic rings. The lowest BCUT2D eigenvalue weighted by atomic mass is 9.97. The molecular weight excluding hydrogens is 242 g/mol. The lowest BCUT2D eigenvalue weighted by Crippen LogP contribution is -2.39. The molecule has 0 unspecified atom stereocenters. The summed E-state index contributed by atoms with van der Waals surface area (Å²) >= 11 is 0. The predicted octanol–water partition coefficient (Wildman–Crippen LogP) is 0.266. The van der Waals surface area contributed by atoms with Gasteiger partial charge in [0.1, 0.15) is 12.4 Å². The van der Waals surface area contributed by atoms with E-state index in [1.807, 2.05) is 11.9 Å². The monoisotopic (exact) mass is 265 g/mol. The number of likely N-dealkylation sites (tertiary alicyclic amines) is 1. The number of piperidine rings is 1. The average Bonchev–Trinajstić information content (AvgIpc) is 2.77.